The van der Waals surface area contributed by atoms with Crippen LogP contribution in [0.25, 0.3) is 0 Å². The molecule has 0 aromatic rings. The van der Waals surface area contributed by atoms with Gasteiger partial charge in [0.2, 0.25) is 0 Å². The first-order valence-corrected chi connectivity index (χ1v) is 5.20. The molecule has 84 valence electrons. The van der Waals surface area contributed by atoms with Crippen molar-refractivity contribution >= 4 is 11.9 Å². The number of carbonyl (C=O) groups excluding carboxylic acids is 2. The highest BCUT2D eigenvalue weighted by Gasteiger charge is 2.43. The van der Waals surface area contributed by atoms with Crippen LogP contribution in [0.15, 0.2) is 12.2 Å². The number of hydrogen-bond donors (Lipinski definition) is 0. The molecule has 0 spiro atoms. The fourth-order valence-corrected chi connectivity index (χ4v) is 1.66. The molecule has 4 heteroatoms. The van der Waals surface area contributed by atoms with Crippen LogP contribution in [-0.2, 0) is 19.1 Å². The molecule has 1 heterocycles. The number of rotatable bonds is 4. The molecule has 1 aliphatic rings. The van der Waals surface area contributed by atoms with E-state index in [1.807, 2.05) is 13.8 Å². The van der Waals surface area contributed by atoms with Gasteiger partial charge in [-0.1, -0.05) is 20.4 Å². The summed E-state index contributed by atoms with van der Waals surface area (Å²) in [5.41, 5.74) is -0.224. The summed E-state index contributed by atoms with van der Waals surface area (Å²) in [6.07, 6.45) is 2.64. The lowest BCUT2D eigenvalue weighted by molar-refractivity contribution is -0.240. The van der Waals surface area contributed by atoms with Gasteiger partial charge in [0.25, 0.3) is 5.79 Å². The second-order valence-electron chi connectivity index (χ2n) is 3.67. The van der Waals surface area contributed by atoms with Crippen molar-refractivity contribution in [1.29, 1.82) is 0 Å². The van der Waals surface area contributed by atoms with Crippen molar-refractivity contribution in [2.75, 3.05) is 0 Å². The predicted octanol–water partition coefficient (Wildman–Crippen LogP) is 1.94. The molecule has 0 N–H and O–H groups in total. The van der Waals surface area contributed by atoms with Gasteiger partial charge in [-0.3, -0.25) is 0 Å². The lowest BCUT2D eigenvalue weighted by Crippen LogP contribution is -2.46. The largest absolute Gasteiger partial charge is 0.419 e. The lowest BCUT2D eigenvalue weighted by Gasteiger charge is -2.35. The molecule has 0 radical (unpaired) electrons. The summed E-state index contributed by atoms with van der Waals surface area (Å²) >= 11 is 0. The standard InChI is InChI=1S/C11H16O4/c1-4-6-11(7-5-2)14-9(12)8(3)10(13)15-11/h3-7H2,1-2H3. The molecule has 0 atom stereocenters. The molecule has 15 heavy (non-hydrogen) atoms. The lowest BCUT2D eigenvalue weighted by atomic mass is 10.0. The number of hydrogen-bond acceptors (Lipinski definition) is 4. The zero-order valence-corrected chi connectivity index (χ0v) is 9.17. The van der Waals surface area contributed by atoms with Gasteiger partial charge in [0, 0.05) is 12.8 Å². The van der Waals surface area contributed by atoms with Crippen LogP contribution in [0.1, 0.15) is 39.5 Å². The molecule has 0 aliphatic carbocycles. The highest BCUT2D eigenvalue weighted by Crippen LogP contribution is 2.31. The Morgan fingerprint density at radius 1 is 1.07 bits per heavy atom. The van der Waals surface area contributed by atoms with Crippen LogP contribution in [0, 0.1) is 0 Å². The Balaban J connectivity index is 2.85. The van der Waals surface area contributed by atoms with E-state index in [0.29, 0.717) is 12.8 Å². The highest BCUT2D eigenvalue weighted by atomic mass is 16.7. The molecule has 0 aromatic carbocycles. The highest BCUT2D eigenvalue weighted by molar-refractivity contribution is 6.14. The third kappa shape index (κ3) is 2.37. The third-order valence-corrected chi connectivity index (χ3v) is 2.31. The van der Waals surface area contributed by atoms with Gasteiger partial charge in [0.15, 0.2) is 0 Å². The Morgan fingerprint density at radius 3 is 1.80 bits per heavy atom. The number of ether oxygens (including phenoxy) is 2. The van der Waals surface area contributed by atoms with Crippen LogP contribution in [-0.4, -0.2) is 17.7 Å². The Kier molecular flexibility index (Phi) is 3.50. The Morgan fingerprint density at radius 2 is 1.47 bits per heavy atom. The molecule has 1 saturated heterocycles. The van der Waals surface area contributed by atoms with Crippen LogP contribution in [0.5, 0.6) is 0 Å². The van der Waals surface area contributed by atoms with Gasteiger partial charge >= 0.3 is 11.9 Å². The first kappa shape index (κ1) is 11.8. The molecule has 1 fully saturated rings. The zero-order chi connectivity index (χ0) is 11.5. The van der Waals surface area contributed by atoms with Gasteiger partial charge in [-0.2, -0.15) is 0 Å². The Labute approximate surface area is 89.2 Å². The number of carbonyl (C=O) groups is 2. The molecule has 0 aromatic heterocycles. The van der Waals surface area contributed by atoms with Crippen LogP contribution < -0.4 is 0 Å². The van der Waals surface area contributed by atoms with Crippen molar-refractivity contribution in [2.24, 2.45) is 0 Å². The van der Waals surface area contributed by atoms with Gasteiger partial charge in [-0.25, -0.2) is 9.59 Å². The van der Waals surface area contributed by atoms with Crippen LogP contribution in [0.4, 0.5) is 0 Å². The molecule has 0 saturated carbocycles. The van der Waals surface area contributed by atoms with Crippen molar-refractivity contribution in [3.8, 4) is 0 Å². The normalized spacial score (nSPS) is 19.7. The topological polar surface area (TPSA) is 52.6 Å². The smallest absolute Gasteiger partial charge is 0.348 e. The Hall–Kier alpha value is -1.32. The summed E-state index contributed by atoms with van der Waals surface area (Å²) in [5, 5.41) is 0. The summed E-state index contributed by atoms with van der Waals surface area (Å²) in [6.45, 7) is 7.21. The van der Waals surface area contributed by atoms with E-state index in [1.165, 1.54) is 0 Å². The fourth-order valence-electron chi connectivity index (χ4n) is 1.66. The molecule has 4 nitrogen and oxygen atoms in total. The van der Waals surface area contributed by atoms with E-state index in [1.54, 1.807) is 0 Å². The summed E-state index contributed by atoms with van der Waals surface area (Å²) in [5.74, 6) is -2.37. The van der Waals surface area contributed by atoms with Crippen molar-refractivity contribution < 1.29 is 19.1 Å². The summed E-state index contributed by atoms with van der Waals surface area (Å²) < 4.78 is 10.3. The van der Waals surface area contributed by atoms with E-state index >= 15 is 0 Å². The van der Waals surface area contributed by atoms with E-state index in [0.717, 1.165) is 12.8 Å². The second kappa shape index (κ2) is 4.47. The van der Waals surface area contributed by atoms with Gasteiger partial charge in [0.1, 0.15) is 5.57 Å². The summed E-state index contributed by atoms with van der Waals surface area (Å²) in [7, 11) is 0. The van der Waals surface area contributed by atoms with E-state index in [4.69, 9.17) is 9.47 Å². The van der Waals surface area contributed by atoms with Crippen molar-refractivity contribution in [1.82, 2.24) is 0 Å². The molecular formula is C11H16O4. The second-order valence-corrected chi connectivity index (χ2v) is 3.67. The van der Waals surface area contributed by atoms with E-state index in [-0.39, 0.29) is 5.57 Å². The predicted molar refractivity (Wildman–Crippen MR) is 53.9 cm³/mol. The first-order chi connectivity index (χ1) is 7.04. The molecule has 1 rings (SSSR count). The van der Waals surface area contributed by atoms with Gasteiger partial charge < -0.3 is 9.47 Å². The minimum Gasteiger partial charge on any atom is -0.419 e. The zero-order valence-electron chi connectivity index (χ0n) is 9.17. The minimum absolute atomic E-state index is 0.224. The van der Waals surface area contributed by atoms with Crippen molar-refractivity contribution in [3.63, 3.8) is 0 Å². The summed E-state index contributed by atoms with van der Waals surface area (Å²) in [6, 6.07) is 0. The quantitative estimate of drug-likeness (QED) is 0.406. The monoisotopic (exact) mass is 212 g/mol. The molecular weight excluding hydrogens is 196 g/mol. The summed E-state index contributed by atoms with van der Waals surface area (Å²) in [4.78, 5) is 22.7. The third-order valence-electron chi connectivity index (χ3n) is 2.31. The maximum absolute atomic E-state index is 11.3. The van der Waals surface area contributed by atoms with Crippen molar-refractivity contribution in [3.05, 3.63) is 12.2 Å². The van der Waals surface area contributed by atoms with Crippen LogP contribution >= 0.6 is 0 Å². The molecule has 1 aliphatic heterocycles. The number of cyclic esters (lactones) is 2. The molecule has 0 unspecified atom stereocenters. The number of esters is 2. The van der Waals surface area contributed by atoms with E-state index in [9.17, 15) is 9.59 Å². The molecule has 0 bridgehead atoms. The van der Waals surface area contributed by atoms with E-state index < -0.39 is 17.7 Å². The average molecular weight is 212 g/mol. The van der Waals surface area contributed by atoms with Crippen molar-refractivity contribution in [2.45, 2.75) is 45.3 Å². The maximum atomic E-state index is 11.3. The fraction of sp³-hybridized carbons (Fsp3) is 0.636. The molecule has 0 amide bonds. The average Bonchev–Trinajstić information content (AvgIpc) is 2.15. The minimum atomic E-state index is -1.06. The maximum Gasteiger partial charge on any atom is 0.348 e. The SMILES string of the molecule is C=C1C(=O)OC(CCC)(CCC)OC1=O. The van der Waals surface area contributed by atoms with Gasteiger partial charge in [-0.15, -0.1) is 0 Å². The van der Waals surface area contributed by atoms with Crippen LogP contribution in [0.3, 0.4) is 0 Å². The van der Waals surface area contributed by atoms with Crippen LogP contribution in [0.2, 0.25) is 0 Å². The Bertz CT molecular complexity index is 265. The first-order valence-electron chi connectivity index (χ1n) is 5.20. The van der Waals surface area contributed by atoms with E-state index in [2.05, 4.69) is 6.58 Å². The van der Waals surface area contributed by atoms with Gasteiger partial charge in [-0.05, 0) is 12.8 Å². The van der Waals surface area contributed by atoms with Gasteiger partial charge in [0.05, 0.1) is 0 Å².